The van der Waals surface area contributed by atoms with Gasteiger partial charge in [-0.25, -0.2) is 35.2 Å². The van der Waals surface area contributed by atoms with Crippen molar-refractivity contribution in [1.82, 2.24) is 0 Å². The first-order valence-electron chi connectivity index (χ1n) is 13.5. The Bertz CT molecular complexity index is 1850. The van der Waals surface area contributed by atoms with E-state index in [4.69, 9.17) is 0 Å². The summed E-state index contributed by atoms with van der Waals surface area (Å²) in [6.07, 6.45) is 2.01. The lowest BCUT2D eigenvalue weighted by Crippen LogP contribution is -2.29. The highest BCUT2D eigenvalue weighted by Gasteiger charge is 2.19. The van der Waals surface area contributed by atoms with Crippen molar-refractivity contribution < 1.29 is 44.7 Å². The number of rotatable bonds is 9. The molecule has 0 aliphatic rings. The van der Waals surface area contributed by atoms with Crippen molar-refractivity contribution in [3.05, 3.63) is 131 Å². The summed E-state index contributed by atoms with van der Waals surface area (Å²) in [5, 5.41) is 3.17. The number of halogens is 3. The van der Waals surface area contributed by atoms with Crippen molar-refractivity contribution in [3.63, 3.8) is 0 Å². The second kappa shape index (κ2) is 18.0. The van der Waals surface area contributed by atoms with Gasteiger partial charge in [0.2, 0.25) is 19.1 Å². The van der Waals surface area contributed by atoms with Gasteiger partial charge in [-0.3, -0.25) is 4.31 Å². The molecule has 0 fully saturated rings. The van der Waals surface area contributed by atoms with Gasteiger partial charge in [-0.2, -0.15) is 0 Å². The highest BCUT2D eigenvalue weighted by atomic mass is 35.7. The van der Waals surface area contributed by atoms with Crippen LogP contribution in [0.3, 0.4) is 0 Å². The quantitative estimate of drug-likeness (QED) is 0.164. The first-order chi connectivity index (χ1) is 22.0. The Kier molecular flexibility index (Phi) is 14.8. The predicted octanol–water partition coefficient (Wildman–Crippen LogP) is 5.99. The van der Waals surface area contributed by atoms with Gasteiger partial charge in [0.25, 0.3) is 0 Å². The van der Waals surface area contributed by atoms with Crippen LogP contribution in [0.15, 0.2) is 97.1 Å². The molecule has 0 bridgehead atoms. The van der Waals surface area contributed by atoms with E-state index < -0.39 is 42.6 Å². The van der Waals surface area contributed by atoms with Crippen LogP contribution in [0, 0.1) is 11.6 Å². The zero-order chi connectivity index (χ0) is 35.2. The van der Waals surface area contributed by atoms with E-state index in [1.165, 1.54) is 35.7 Å². The highest BCUT2D eigenvalue weighted by Crippen LogP contribution is 2.21. The molecule has 4 aromatic rings. The number of sulfonamides is 1. The Hall–Kier alpha value is -4.53. The van der Waals surface area contributed by atoms with E-state index in [9.17, 15) is 35.2 Å². The summed E-state index contributed by atoms with van der Waals surface area (Å²) >= 11 is 0. The van der Waals surface area contributed by atoms with Crippen LogP contribution in [0.4, 0.5) is 20.2 Å². The molecule has 1 N–H and O–H groups in total. The molecular formula is C32H33ClF2N2O8S2. The molecule has 0 aliphatic heterocycles. The van der Waals surface area contributed by atoms with E-state index in [1.807, 2.05) is 30.3 Å². The normalized spacial score (nSPS) is 10.7. The van der Waals surface area contributed by atoms with E-state index in [0.717, 1.165) is 36.9 Å². The molecule has 47 heavy (non-hydrogen) atoms. The molecule has 0 heterocycles. The maximum atomic E-state index is 14.0. The zero-order valence-corrected chi connectivity index (χ0v) is 28.2. The van der Waals surface area contributed by atoms with Crippen LogP contribution in [-0.4, -0.2) is 55.5 Å². The molecule has 0 aliphatic carbocycles. The molecule has 4 aromatic carbocycles. The third kappa shape index (κ3) is 13.8. The predicted molar refractivity (Wildman–Crippen MR) is 177 cm³/mol. The Labute approximate surface area is 277 Å². The van der Waals surface area contributed by atoms with Crippen LogP contribution in [-0.2, 0) is 41.6 Å². The number of anilines is 2. The largest absolute Gasteiger partial charge is 0.465 e. The molecule has 0 amide bonds. The number of methoxy groups -OCH3 is 2. The standard InChI is InChI=1S/C16H16FNO4S.C15H14FNO2.CH3ClO2S/c1-22-16(19)14-9-8-12(10-15(14)17)11-18(23(2,20)21)13-6-4-3-5-7-13;1-19-15(18)13-8-7-11(9-14(13)16)10-17-12-5-3-2-4-6-12;1-5(2,3)4/h3-10H,11H2,1-2H3;2-9,17H,10H2,1H3;1H3. The number of esters is 2. The average molecular weight is 711 g/mol. The number of nitrogens with zero attached hydrogens (tertiary/aromatic N) is 1. The zero-order valence-electron chi connectivity index (χ0n) is 25.8. The molecule has 0 aromatic heterocycles. The lowest BCUT2D eigenvalue weighted by molar-refractivity contribution is 0.0586. The van der Waals surface area contributed by atoms with Crippen molar-refractivity contribution in [2.75, 3.05) is 36.4 Å². The fourth-order valence-electron chi connectivity index (χ4n) is 3.80. The van der Waals surface area contributed by atoms with Gasteiger partial charge in [0, 0.05) is 22.9 Å². The molecular weight excluding hydrogens is 678 g/mol. The maximum Gasteiger partial charge on any atom is 0.340 e. The molecule has 0 radical (unpaired) electrons. The van der Waals surface area contributed by atoms with E-state index in [-0.39, 0.29) is 17.7 Å². The van der Waals surface area contributed by atoms with Gasteiger partial charge in [0.05, 0.1) is 50.1 Å². The summed E-state index contributed by atoms with van der Waals surface area (Å²) < 4.78 is 80.6. The smallest absolute Gasteiger partial charge is 0.340 e. The number of benzene rings is 4. The number of para-hydroxylation sites is 2. The minimum Gasteiger partial charge on any atom is -0.465 e. The van der Waals surface area contributed by atoms with Gasteiger partial charge < -0.3 is 14.8 Å². The van der Waals surface area contributed by atoms with Crippen LogP contribution in [0.25, 0.3) is 0 Å². The van der Waals surface area contributed by atoms with Crippen LogP contribution in [0.1, 0.15) is 31.8 Å². The van der Waals surface area contributed by atoms with E-state index >= 15 is 0 Å². The lowest BCUT2D eigenvalue weighted by atomic mass is 10.1. The summed E-state index contributed by atoms with van der Waals surface area (Å²) in [6.45, 7) is 0.448. The fraction of sp³-hybridized carbons (Fsp3) is 0.188. The summed E-state index contributed by atoms with van der Waals surface area (Å²) in [6, 6.07) is 26.5. The Morgan fingerprint density at radius 2 is 1.15 bits per heavy atom. The third-order valence-corrected chi connectivity index (χ3v) is 7.06. The first-order valence-corrected chi connectivity index (χ1v) is 18.0. The number of carbonyl (C=O) groups excluding carboxylic acids is 2. The van der Waals surface area contributed by atoms with Crippen LogP contribution in [0.5, 0.6) is 0 Å². The summed E-state index contributed by atoms with van der Waals surface area (Å²) in [5.41, 5.74) is 2.37. The monoisotopic (exact) mass is 710 g/mol. The minimum absolute atomic E-state index is 0.0405. The van der Waals surface area contributed by atoms with Crippen molar-refractivity contribution in [2.45, 2.75) is 13.1 Å². The van der Waals surface area contributed by atoms with E-state index in [0.29, 0.717) is 17.8 Å². The molecule has 252 valence electrons. The summed E-state index contributed by atoms with van der Waals surface area (Å²) in [5.74, 6) is -2.77. The summed E-state index contributed by atoms with van der Waals surface area (Å²) in [7, 11) is 0.159. The minimum atomic E-state index is -3.54. The van der Waals surface area contributed by atoms with Crippen molar-refractivity contribution in [3.8, 4) is 0 Å². The van der Waals surface area contributed by atoms with E-state index in [1.54, 1.807) is 36.4 Å². The topological polar surface area (TPSA) is 136 Å². The molecule has 0 saturated carbocycles. The SMILES string of the molecule is COC(=O)c1ccc(CN(c2ccccc2)S(C)(=O)=O)cc1F.COC(=O)c1ccc(CNc2ccccc2)cc1F.CS(=O)(=O)Cl. The van der Waals surface area contributed by atoms with E-state index in [2.05, 4.69) is 25.5 Å². The van der Waals surface area contributed by atoms with Crippen LogP contribution < -0.4 is 9.62 Å². The van der Waals surface area contributed by atoms with Crippen molar-refractivity contribution in [1.29, 1.82) is 0 Å². The van der Waals surface area contributed by atoms with Crippen LogP contribution in [0.2, 0.25) is 0 Å². The van der Waals surface area contributed by atoms with Crippen LogP contribution >= 0.6 is 10.7 Å². The number of nitrogens with one attached hydrogen (secondary N) is 1. The summed E-state index contributed by atoms with van der Waals surface area (Å²) in [4.78, 5) is 22.6. The molecule has 15 heteroatoms. The lowest BCUT2D eigenvalue weighted by Gasteiger charge is -2.22. The van der Waals surface area contributed by atoms with Crippen molar-refractivity contribution >= 4 is 53.1 Å². The third-order valence-electron chi connectivity index (χ3n) is 5.92. The molecule has 0 atom stereocenters. The number of hydrogen-bond acceptors (Lipinski definition) is 9. The maximum absolute atomic E-state index is 14.0. The van der Waals surface area contributed by atoms with Gasteiger partial charge in [-0.1, -0.05) is 48.5 Å². The average Bonchev–Trinajstić information content (AvgIpc) is 3.02. The Balaban J connectivity index is 0.000000290. The van der Waals surface area contributed by atoms with Gasteiger partial charge in [0.1, 0.15) is 11.6 Å². The Morgan fingerprint density at radius 3 is 1.57 bits per heavy atom. The highest BCUT2D eigenvalue weighted by molar-refractivity contribution is 8.13. The first kappa shape index (κ1) is 38.7. The van der Waals surface area contributed by atoms with Gasteiger partial charge in [0.15, 0.2) is 0 Å². The van der Waals surface area contributed by atoms with Gasteiger partial charge >= 0.3 is 11.9 Å². The number of ether oxygens (including phenoxy) is 2. The van der Waals surface area contributed by atoms with Gasteiger partial charge in [-0.05, 0) is 59.7 Å². The molecule has 0 saturated heterocycles. The molecule has 4 rings (SSSR count). The number of carbonyl (C=O) groups is 2. The second-order valence-corrected chi connectivity index (χ2v) is 14.6. The van der Waals surface area contributed by atoms with Crippen molar-refractivity contribution in [2.24, 2.45) is 0 Å². The fourth-order valence-corrected chi connectivity index (χ4v) is 4.69. The van der Waals surface area contributed by atoms with Gasteiger partial charge in [-0.15, -0.1) is 0 Å². The molecule has 0 spiro atoms. The molecule has 10 nitrogen and oxygen atoms in total. The molecule has 0 unspecified atom stereocenters. The second-order valence-electron chi connectivity index (χ2n) is 9.62. The number of hydrogen-bond donors (Lipinski definition) is 1. The Morgan fingerprint density at radius 1 is 0.723 bits per heavy atom.